The summed E-state index contributed by atoms with van der Waals surface area (Å²) in [5.41, 5.74) is 8.20. The second kappa shape index (κ2) is 8.30. The molecule has 1 aliphatic rings. The van der Waals surface area contributed by atoms with Crippen LogP contribution in [-0.4, -0.2) is 51.3 Å². The molecule has 0 unspecified atom stereocenters. The van der Waals surface area contributed by atoms with Crippen LogP contribution in [0.25, 0.3) is 0 Å². The van der Waals surface area contributed by atoms with Crippen LogP contribution in [0, 0.1) is 18.8 Å². The molecule has 0 bridgehead atoms. The summed E-state index contributed by atoms with van der Waals surface area (Å²) in [5, 5.41) is 9.60. The van der Waals surface area contributed by atoms with Gasteiger partial charge in [0, 0.05) is 37.5 Å². The molecule has 2 aromatic rings. The third-order valence-corrected chi connectivity index (χ3v) is 5.10. The zero-order valence-electron chi connectivity index (χ0n) is 15.1. The predicted molar refractivity (Wildman–Crippen MR) is 107 cm³/mol. The van der Waals surface area contributed by atoms with Crippen LogP contribution in [0.3, 0.4) is 0 Å². The molecule has 0 spiro atoms. The van der Waals surface area contributed by atoms with Crippen LogP contribution in [0.15, 0.2) is 24.3 Å². The summed E-state index contributed by atoms with van der Waals surface area (Å²) in [6.45, 7) is 7.77. The number of nitrogen functional groups attached to an aromatic ring is 1. The number of hydrogen-bond acceptors (Lipinski definition) is 7. The van der Waals surface area contributed by atoms with E-state index < -0.39 is 0 Å². The highest BCUT2D eigenvalue weighted by atomic mass is 32.2. The molecule has 1 aromatic heterocycles. The number of benzene rings is 1. The quantitative estimate of drug-likeness (QED) is 0.635. The molecular weight excluding hydrogens is 346 g/mol. The summed E-state index contributed by atoms with van der Waals surface area (Å²) in [7, 11) is 0. The van der Waals surface area contributed by atoms with E-state index in [1.807, 2.05) is 24.9 Å². The number of aromatic nitrogens is 2. The summed E-state index contributed by atoms with van der Waals surface area (Å²) < 4.78 is 2.38. The van der Waals surface area contributed by atoms with E-state index in [0.29, 0.717) is 0 Å². The molecule has 0 radical (unpaired) electrons. The molecule has 1 fully saturated rings. The van der Waals surface area contributed by atoms with Gasteiger partial charge in [-0.2, -0.15) is 4.98 Å². The Morgan fingerprint density at radius 3 is 2.65 bits per heavy atom. The Balaban J connectivity index is 1.89. The van der Waals surface area contributed by atoms with Gasteiger partial charge >= 0.3 is 0 Å². The lowest BCUT2D eigenvalue weighted by atomic mass is 10.1. The number of hydrogen-bond donors (Lipinski definition) is 2. The van der Waals surface area contributed by atoms with E-state index in [-0.39, 0.29) is 11.7 Å². The predicted octanol–water partition coefficient (Wildman–Crippen LogP) is 2.26. The van der Waals surface area contributed by atoms with Gasteiger partial charge in [0.1, 0.15) is 11.6 Å². The van der Waals surface area contributed by atoms with Crippen molar-refractivity contribution in [3.05, 3.63) is 41.1 Å². The van der Waals surface area contributed by atoms with Gasteiger partial charge in [0.2, 0.25) is 5.95 Å². The number of aromatic hydroxyl groups is 1. The molecule has 3 N–H and O–H groups in total. The van der Waals surface area contributed by atoms with Crippen molar-refractivity contribution >= 4 is 23.7 Å². The van der Waals surface area contributed by atoms with Crippen LogP contribution in [-0.2, 0) is 0 Å². The van der Waals surface area contributed by atoms with Crippen molar-refractivity contribution < 1.29 is 5.11 Å². The van der Waals surface area contributed by atoms with Gasteiger partial charge in [-0.15, -0.1) is 0 Å². The van der Waals surface area contributed by atoms with E-state index in [0.717, 1.165) is 54.6 Å². The lowest BCUT2D eigenvalue weighted by Crippen LogP contribution is -2.44. The number of nitrogens with two attached hydrogens (primary N) is 1. The van der Waals surface area contributed by atoms with Crippen LogP contribution in [0.1, 0.15) is 23.7 Å². The molecule has 6 nitrogen and oxygen atoms in total. The molecule has 1 aromatic carbocycles. The lowest BCUT2D eigenvalue weighted by Gasteiger charge is -2.35. The number of phenols is 1. The summed E-state index contributed by atoms with van der Waals surface area (Å²) in [6, 6.07) is 6.90. The molecule has 1 aliphatic heterocycles. The Labute approximate surface area is 158 Å². The first-order chi connectivity index (χ1) is 12.6. The minimum Gasteiger partial charge on any atom is -0.508 e. The summed E-state index contributed by atoms with van der Waals surface area (Å²) >= 11 is 1.87. The summed E-state index contributed by atoms with van der Waals surface area (Å²) in [5.74, 6) is 8.63. The largest absolute Gasteiger partial charge is 0.508 e. The Bertz CT molecular complexity index is 838. The first-order valence-corrected chi connectivity index (χ1v) is 9.59. The molecule has 0 saturated carbocycles. The molecule has 136 valence electrons. The minimum atomic E-state index is 0.201. The van der Waals surface area contributed by atoms with Gasteiger partial charge in [0.15, 0.2) is 0 Å². The van der Waals surface area contributed by atoms with Crippen LogP contribution < -0.4 is 10.6 Å². The zero-order valence-corrected chi connectivity index (χ0v) is 15.9. The Morgan fingerprint density at radius 1 is 1.19 bits per heavy atom. The summed E-state index contributed by atoms with van der Waals surface area (Å²) in [6.07, 6.45) is 0. The number of piperazine rings is 1. The molecule has 7 heteroatoms. The normalized spacial score (nSPS) is 14.8. The van der Waals surface area contributed by atoms with Crippen molar-refractivity contribution in [2.24, 2.45) is 0 Å². The highest BCUT2D eigenvalue weighted by Gasteiger charge is 2.21. The topological polar surface area (TPSA) is 78.5 Å². The van der Waals surface area contributed by atoms with Gasteiger partial charge in [-0.05, 0) is 25.1 Å². The zero-order chi connectivity index (χ0) is 18.5. The highest BCUT2D eigenvalue weighted by Crippen LogP contribution is 2.24. The summed E-state index contributed by atoms with van der Waals surface area (Å²) in [4.78, 5) is 11.0. The third-order valence-electron chi connectivity index (χ3n) is 4.12. The van der Waals surface area contributed by atoms with Crippen molar-refractivity contribution in [3.63, 3.8) is 0 Å². The maximum absolute atomic E-state index is 9.60. The van der Waals surface area contributed by atoms with Gasteiger partial charge in [0.25, 0.3) is 0 Å². The minimum absolute atomic E-state index is 0.201. The average Bonchev–Trinajstić information content (AvgIpc) is 2.61. The van der Waals surface area contributed by atoms with E-state index in [4.69, 9.17) is 5.73 Å². The van der Waals surface area contributed by atoms with Crippen molar-refractivity contribution in [1.29, 1.82) is 0 Å². The number of nitrogens with zero attached hydrogens (tertiary/aromatic N) is 4. The standard InChI is InChI=1S/C19H23N5OS/c1-3-26-24-11-9-23(10-12-24)18-17(14(2)21-19(20)22-18)8-7-15-5-4-6-16(25)13-15/h4-6,13,25H,3,9-12H2,1-2H3,(H2,20,21,22). The fraction of sp³-hybridized carbons (Fsp3) is 0.368. The van der Waals surface area contributed by atoms with Gasteiger partial charge < -0.3 is 15.7 Å². The maximum Gasteiger partial charge on any atom is 0.222 e. The highest BCUT2D eigenvalue weighted by molar-refractivity contribution is 7.96. The Kier molecular flexibility index (Phi) is 5.86. The van der Waals surface area contributed by atoms with Gasteiger partial charge in [-0.1, -0.05) is 36.8 Å². The fourth-order valence-corrected chi connectivity index (χ4v) is 3.67. The monoisotopic (exact) mass is 369 g/mol. The maximum atomic E-state index is 9.60. The van der Waals surface area contributed by atoms with Gasteiger partial charge in [-0.25, -0.2) is 9.29 Å². The molecule has 1 saturated heterocycles. The lowest BCUT2D eigenvalue weighted by molar-refractivity contribution is 0.428. The van der Waals surface area contributed by atoms with E-state index in [1.54, 1.807) is 18.2 Å². The van der Waals surface area contributed by atoms with Crippen LogP contribution in [0.4, 0.5) is 11.8 Å². The second-order valence-corrected chi connectivity index (χ2v) is 7.35. The van der Waals surface area contributed by atoms with Gasteiger partial charge in [-0.3, -0.25) is 0 Å². The first-order valence-electron chi connectivity index (χ1n) is 8.64. The van der Waals surface area contributed by atoms with Crippen LogP contribution in [0.5, 0.6) is 5.75 Å². The van der Waals surface area contributed by atoms with E-state index in [1.165, 1.54) is 0 Å². The molecule has 2 heterocycles. The molecule has 0 atom stereocenters. The van der Waals surface area contributed by atoms with Crippen molar-refractivity contribution in [3.8, 4) is 17.6 Å². The van der Waals surface area contributed by atoms with Gasteiger partial charge in [0.05, 0.1) is 11.3 Å². The molecular formula is C19H23N5OS. The second-order valence-electron chi connectivity index (χ2n) is 6.00. The van der Waals surface area contributed by atoms with Crippen molar-refractivity contribution in [1.82, 2.24) is 14.3 Å². The fourth-order valence-electron chi connectivity index (χ4n) is 2.88. The SMILES string of the molecule is CCSN1CCN(c2nc(N)nc(C)c2C#Cc2cccc(O)c2)CC1. The number of aryl methyl sites for hydroxylation is 1. The molecule has 26 heavy (non-hydrogen) atoms. The Hall–Kier alpha value is -2.43. The van der Waals surface area contributed by atoms with E-state index >= 15 is 0 Å². The number of anilines is 2. The van der Waals surface area contributed by atoms with Crippen LogP contribution >= 0.6 is 11.9 Å². The third kappa shape index (κ3) is 4.40. The van der Waals surface area contributed by atoms with Crippen molar-refractivity contribution in [2.75, 3.05) is 42.6 Å². The number of phenolic OH excluding ortho intramolecular Hbond substituents is 1. The first kappa shape index (κ1) is 18.4. The van der Waals surface area contributed by atoms with Crippen LogP contribution in [0.2, 0.25) is 0 Å². The average molecular weight is 369 g/mol. The van der Waals surface area contributed by atoms with E-state index in [2.05, 4.69) is 37.9 Å². The molecule has 0 amide bonds. The van der Waals surface area contributed by atoms with E-state index in [9.17, 15) is 5.11 Å². The van der Waals surface area contributed by atoms with Crippen molar-refractivity contribution in [2.45, 2.75) is 13.8 Å². The smallest absolute Gasteiger partial charge is 0.222 e. The molecule has 0 aliphatic carbocycles. The molecule has 3 rings (SSSR count). The number of rotatable bonds is 3. The Morgan fingerprint density at radius 2 is 1.96 bits per heavy atom.